The third-order valence-electron chi connectivity index (χ3n) is 2.08. The summed E-state index contributed by atoms with van der Waals surface area (Å²) in [6.07, 6.45) is 0.859. The number of rotatable bonds is 12. The van der Waals surface area contributed by atoms with Gasteiger partial charge in [0.25, 0.3) is 0 Å². The third kappa shape index (κ3) is 11.3. The molecule has 0 aromatic carbocycles. The van der Waals surface area contributed by atoms with Gasteiger partial charge in [0.2, 0.25) is 0 Å². The number of nitrogens with zero attached hydrogens (tertiary/aromatic N) is 1. The van der Waals surface area contributed by atoms with Crippen LogP contribution in [0.1, 0.15) is 26.7 Å². The second-order valence-corrected chi connectivity index (χ2v) is 5.62. The predicted molar refractivity (Wildman–Crippen MR) is 71.5 cm³/mol. The molecule has 9 heteroatoms. The summed E-state index contributed by atoms with van der Waals surface area (Å²) in [5.74, 6) is -0.298. The first kappa shape index (κ1) is 18.8. The second-order valence-electron chi connectivity index (χ2n) is 3.47. The molecule has 0 amide bonds. The lowest BCUT2D eigenvalue weighted by Crippen LogP contribution is -2.05. The van der Waals surface area contributed by atoms with Crippen LogP contribution in [-0.2, 0) is 27.2 Å². The highest BCUT2D eigenvalue weighted by Gasteiger charge is 2.10. The Hall–Kier alpha value is -0.210. The summed E-state index contributed by atoms with van der Waals surface area (Å²) >= 11 is 0. The van der Waals surface area contributed by atoms with Crippen LogP contribution in [-0.4, -0.2) is 26.4 Å². The van der Waals surface area contributed by atoms with Gasteiger partial charge >= 0.3 is 16.5 Å². The molecule has 7 nitrogen and oxygen atoms in total. The molecule has 0 aliphatic heterocycles. The molecule has 2 atom stereocenters. The molecule has 0 N–H and O–H groups in total. The minimum absolute atomic E-state index is 0.191. The molecule has 0 aliphatic rings. The van der Waals surface area contributed by atoms with Crippen molar-refractivity contribution in [3.63, 3.8) is 0 Å². The van der Waals surface area contributed by atoms with Crippen LogP contribution in [0.25, 0.3) is 0 Å². The standard InChI is InChI=1S/C10H21NO6P2/c1-3-14-18(12)16-7-5-10(9-11)6-8-17-19(13)15-4-2/h10,18-19H,3-8H2,1-2H3. The normalized spacial score (nSPS) is 15.6. The largest absolute Gasteiger partial charge is 0.319 e. The molecular weight excluding hydrogens is 292 g/mol. The molecule has 112 valence electrons. The first-order valence-corrected chi connectivity index (χ1v) is 8.57. The van der Waals surface area contributed by atoms with E-state index < -0.39 is 16.5 Å². The lowest BCUT2D eigenvalue weighted by molar-refractivity contribution is 0.207. The minimum atomic E-state index is -2.44. The van der Waals surface area contributed by atoms with E-state index in [9.17, 15) is 9.13 Å². The lowest BCUT2D eigenvalue weighted by atomic mass is 10.1. The molecule has 0 fully saturated rings. The van der Waals surface area contributed by atoms with Gasteiger partial charge in [0.1, 0.15) is 0 Å². The number of hydrogen-bond donors (Lipinski definition) is 0. The average molecular weight is 313 g/mol. The highest BCUT2D eigenvalue weighted by atomic mass is 31.1. The maximum Gasteiger partial charge on any atom is 0.319 e. The van der Waals surface area contributed by atoms with Crippen LogP contribution in [0, 0.1) is 17.2 Å². The monoisotopic (exact) mass is 313 g/mol. The van der Waals surface area contributed by atoms with Gasteiger partial charge in [-0.3, -0.25) is 9.13 Å². The summed E-state index contributed by atoms with van der Waals surface area (Å²) in [6, 6.07) is 2.09. The van der Waals surface area contributed by atoms with E-state index >= 15 is 0 Å². The zero-order chi connectivity index (χ0) is 14.5. The van der Waals surface area contributed by atoms with Crippen LogP contribution in [0.15, 0.2) is 0 Å². The summed E-state index contributed by atoms with van der Waals surface area (Å²) in [5, 5.41) is 8.90. The van der Waals surface area contributed by atoms with Crippen molar-refractivity contribution in [3.8, 4) is 6.07 Å². The topological polar surface area (TPSA) is 94.9 Å². The summed E-state index contributed by atoms with van der Waals surface area (Å²) in [6.45, 7) is 4.50. The molecule has 0 bridgehead atoms. The summed E-state index contributed by atoms with van der Waals surface area (Å²) < 4.78 is 41.5. The average Bonchev–Trinajstić information content (AvgIpc) is 2.37. The summed E-state index contributed by atoms with van der Waals surface area (Å²) in [7, 11) is -4.88. The Balaban J connectivity index is 3.69. The number of nitriles is 1. The maximum absolute atomic E-state index is 11.1. The van der Waals surface area contributed by atoms with Crippen LogP contribution < -0.4 is 0 Å². The van der Waals surface area contributed by atoms with E-state index in [1.165, 1.54) is 0 Å². The Labute approximate surface area is 115 Å². The van der Waals surface area contributed by atoms with Gasteiger partial charge in [-0.15, -0.1) is 0 Å². The second kappa shape index (κ2) is 12.8. The van der Waals surface area contributed by atoms with Crippen molar-refractivity contribution in [1.29, 1.82) is 5.26 Å². The molecule has 0 rings (SSSR count). The van der Waals surface area contributed by atoms with Crippen molar-refractivity contribution in [2.24, 2.45) is 5.92 Å². The van der Waals surface area contributed by atoms with Crippen LogP contribution in [0.2, 0.25) is 0 Å². The molecule has 0 radical (unpaired) electrons. The summed E-state index contributed by atoms with van der Waals surface area (Å²) in [5.41, 5.74) is 0. The minimum Gasteiger partial charge on any atom is -0.311 e. The van der Waals surface area contributed by atoms with Crippen LogP contribution in [0.4, 0.5) is 0 Å². The molecule has 0 aromatic rings. The van der Waals surface area contributed by atoms with E-state index in [4.69, 9.17) is 23.4 Å². The van der Waals surface area contributed by atoms with Gasteiger partial charge in [-0.25, -0.2) is 0 Å². The van der Waals surface area contributed by atoms with Gasteiger partial charge in [0.15, 0.2) is 0 Å². The molecule has 19 heavy (non-hydrogen) atoms. The smallest absolute Gasteiger partial charge is 0.311 e. The van der Waals surface area contributed by atoms with Crippen molar-refractivity contribution in [3.05, 3.63) is 0 Å². The molecule has 0 aromatic heterocycles. The fourth-order valence-electron chi connectivity index (χ4n) is 1.16. The van der Waals surface area contributed by atoms with Gasteiger partial charge in [-0.1, -0.05) is 0 Å². The van der Waals surface area contributed by atoms with Crippen LogP contribution in [0.5, 0.6) is 0 Å². The van der Waals surface area contributed by atoms with Crippen molar-refractivity contribution >= 4 is 16.5 Å². The summed E-state index contributed by atoms with van der Waals surface area (Å²) in [4.78, 5) is 0. The van der Waals surface area contributed by atoms with Gasteiger partial charge in [-0.05, 0) is 26.7 Å². The lowest BCUT2D eigenvalue weighted by Gasteiger charge is -2.09. The highest BCUT2D eigenvalue weighted by molar-refractivity contribution is 7.33. The molecule has 0 saturated heterocycles. The van der Waals surface area contributed by atoms with E-state index in [-0.39, 0.29) is 19.1 Å². The van der Waals surface area contributed by atoms with Crippen molar-refractivity contribution < 1.29 is 27.2 Å². The Kier molecular flexibility index (Phi) is 12.7. The quantitative estimate of drug-likeness (QED) is 0.511. The molecule has 0 aliphatic carbocycles. The Morgan fingerprint density at radius 3 is 1.68 bits per heavy atom. The predicted octanol–water partition coefficient (Wildman–Crippen LogP) is 2.79. The van der Waals surface area contributed by atoms with Crippen molar-refractivity contribution in [2.75, 3.05) is 26.4 Å². The van der Waals surface area contributed by atoms with Gasteiger partial charge in [0, 0.05) is 0 Å². The van der Waals surface area contributed by atoms with Crippen molar-refractivity contribution in [2.45, 2.75) is 26.7 Å². The van der Waals surface area contributed by atoms with E-state index in [1.807, 2.05) is 0 Å². The first-order valence-electron chi connectivity index (χ1n) is 6.12. The Morgan fingerprint density at radius 1 is 0.947 bits per heavy atom. The van der Waals surface area contributed by atoms with E-state index in [0.717, 1.165) is 0 Å². The van der Waals surface area contributed by atoms with Crippen LogP contribution >= 0.6 is 16.5 Å². The maximum atomic E-state index is 11.1. The Bertz CT molecular complexity index is 296. The van der Waals surface area contributed by atoms with Crippen LogP contribution in [0.3, 0.4) is 0 Å². The fraction of sp³-hybridized carbons (Fsp3) is 0.900. The van der Waals surface area contributed by atoms with Gasteiger partial charge in [0.05, 0.1) is 38.4 Å². The first-order chi connectivity index (χ1) is 9.13. The van der Waals surface area contributed by atoms with E-state index in [0.29, 0.717) is 26.1 Å². The van der Waals surface area contributed by atoms with Crippen molar-refractivity contribution in [1.82, 2.24) is 0 Å². The molecule has 0 spiro atoms. The zero-order valence-corrected chi connectivity index (χ0v) is 13.2. The number of hydrogen-bond acceptors (Lipinski definition) is 7. The molecule has 2 unspecified atom stereocenters. The van der Waals surface area contributed by atoms with E-state index in [2.05, 4.69) is 6.07 Å². The SMILES string of the molecule is CCO[PH](=O)OCCC(C#N)CCO[PH](=O)OCC. The van der Waals surface area contributed by atoms with Gasteiger partial charge in [-0.2, -0.15) is 5.26 Å². The van der Waals surface area contributed by atoms with Gasteiger partial charge < -0.3 is 18.1 Å². The molecule has 0 saturated carbocycles. The molecular formula is C10H21NO6P2. The molecule has 0 heterocycles. The van der Waals surface area contributed by atoms with E-state index in [1.54, 1.807) is 13.8 Å². The highest BCUT2D eigenvalue weighted by Crippen LogP contribution is 2.26. The Morgan fingerprint density at radius 2 is 1.37 bits per heavy atom. The fourth-order valence-corrected chi connectivity index (χ4v) is 2.37. The zero-order valence-electron chi connectivity index (χ0n) is 11.2. The third-order valence-corrected chi connectivity index (χ3v) is 4.01.